The van der Waals surface area contributed by atoms with Crippen molar-refractivity contribution in [3.8, 4) is 5.75 Å². The average molecular weight is 206 g/mol. The molecule has 1 fully saturated rings. The lowest BCUT2D eigenvalue weighted by atomic mass is 10.3. The predicted octanol–water partition coefficient (Wildman–Crippen LogP) is 1.94. The molecule has 0 bridgehead atoms. The van der Waals surface area contributed by atoms with Gasteiger partial charge in [-0.25, -0.2) is 0 Å². The van der Waals surface area contributed by atoms with Crippen LogP contribution in [-0.2, 0) is 0 Å². The Kier molecular flexibility index (Phi) is 3.21. The minimum absolute atomic E-state index is 0.330. The zero-order valence-corrected chi connectivity index (χ0v) is 9.39. The molecule has 1 aliphatic rings. The summed E-state index contributed by atoms with van der Waals surface area (Å²) in [5.74, 6) is 0.883. The number of likely N-dealkylation sites (tertiary alicyclic amines) is 1. The summed E-state index contributed by atoms with van der Waals surface area (Å²) in [6, 6.07) is 4.49. The summed E-state index contributed by atoms with van der Waals surface area (Å²) in [6.45, 7) is 6.63. The van der Waals surface area contributed by atoms with Crippen LogP contribution in [0.1, 0.15) is 20.3 Å². The topological polar surface area (TPSA) is 25.4 Å². The van der Waals surface area contributed by atoms with Crippen LogP contribution in [0.25, 0.3) is 0 Å². The summed E-state index contributed by atoms with van der Waals surface area (Å²) < 4.78 is 5.85. The van der Waals surface area contributed by atoms with Crippen molar-refractivity contribution in [2.45, 2.75) is 32.4 Å². The Morgan fingerprint density at radius 3 is 3.00 bits per heavy atom. The molecule has 2 heterocycles. The van der Waals surface area contributed by atoms with Crippen LogP contribution in [-0.4, -0.2) is 35.1 Å². The van der Waals surface area contributed by atoms with E-state index in [0.717, 1.165) is 25.3 Å². The Labute approximate surface area is 91.1 Å². The molecule has 0 saturated carbocycles. The zero-order chi connectivity index (χ0) is 10.7. The highest BCUT2D eigenvalue weighted by Gasteiger charge is 2.25. The number of hydrogen-bond donors (Lipinski definition) is 0. The maximum atomic E-state index is 5.85. The highest BCUT2D eigenvalue weighted by Crippen LogP contribution is 2.18. The van der Waals surface area contributed by atoms with Crippen LogP contribution in [0.2, 0.25) is 0 Å². The second kappa shape index (κ2) is 4.62. The summed E-state index contributed by atoms with van der Waals surface area (Å²) in [7, 11) is 0. The molecule has 2 rings (SSSR count). The van der Waals surface area contributed by atoms with Gasteiger partial charge < -0.3 is 4.74 Å². The normalized spacial score (nSPS) is 22.2. The molecule has 1 aromatic rings. The minimum Gasteiger partial charge on any atom is -0.487 e. The van der Waals surface area contributed by atoms with Gasteiger partial charge in [-0.2, -0.15) is 0 Å². The third-order valence-corrected chi connectivity index (χ3v) is 2.84. The maximum Gasteiger partial charge on any atom is 0.138 e. The fourth-order valence-corrected chi connectivity index (χ4v) is 1.93. The van der Waals surface area contributed by atoms with Crippen molar-refractivity contribution in [1.82, 2.24) is 9.88 Å². The van der Waals surface area contributed by atoms with Gasteiger partial charge in [-0.15, -0.1) is 0 Å². The lowest BCUT2D eigenvalue weighted by molar-refractivity contribution is 0.186. The molecule has 1 saturated heterocycles. The first-order valence-corrected chi connectivity index (χ1v) is 5.56. The molecular weight excluding hydrogens is 188 g/mol. The summed E-state index contributed by atoms with van der Waals surface area (Å²) in [5, 5.41) is 0. The van der Waals surface area contributed by atoms with Crippen molar-refractivity contribution >= 4 is 0 Å². The Morgan fingerprint density at radius 2 is 2.40 bits per heavy atom. The molecule has 0 amide bonds. The number of ether oxygens (including phenoxy) is 1. The van der Waals surface area contributed by atoms with E-state index in [1.54, 1.807) is 12.4 Å². The third-order valence-electron chi connectivity index (χ3n) is 2.84. The first-order valence-electron chi connectivity index (χ1n) is 5.56. The van der Waals surface area contributed by atoms with Crippen LogP contribution in [0.3, 0.4) is 0 Å². The molecule has 1 aliphatic heterocycles. The Hall–Kier alpha value is -1.09. The molecule has 1 atom stereocenters. The maximum absolute atomic E-state index is 5.85. The van der Waals surface area contributed by atoms with E-state index in [9.17, 15) is 0 Å². The van der Waals surface area contributed by atoms with Gasteiger partial charge >= 0.3 is 0 Å². The first-order chi connectivity index (χ1) is 7.25. The van der Waals surface area contributed by atoms with E-state index in [1.165, 1.54) is 0 Å². The zero-order valence-electron chi connectivity index (χ0n) is 9.39. The summed E-state index contributed by atoms with van der Waals surface area (Å²) in [5.41, 5.74) is 0. The second-order valence-electron chi connectivity index (χ2n) is 4.31. The summed E-state index contributed by atoms with van der Waals surface area (Å²) in [6.07, 6.45) is 4.99. The van der Waals surface area contributed by atoms with Gasteiger partial charge in [0.25, 0.3) is 0 Å². The van der Waals surface area contributed by atoms with Crippen LogP contribution in [0.5, 0.6) is 5.75 Å². The van der Waals surface area contributed by atoms with Crippen molar-refractivity contribution in [3.63, 3.8) is 0 Å². The van der Waals surface area contributed by atoms with E-state index in [4.69, 9.17) is 4.74 Å². The molecule has 3 nitrogen and oxygen atoms in total. The first kappa shape index (κ1) is 10.4. The molecular formula is C12H18N2O. The van der Waals surface area contributed by atoms with Gasteiger partial charge in [-0.3, -0.25) is 9.88 Å². The standard InChI is InChI=1S/C12H18N2O/c1-10(2)14-7-5-12(9-14)15-11-4-3-6-13-8-11/h3-4,6,8,10,12H,5,7,9H2,1-2H3/t12-/m0/s1. The second-order valence-corrected chi connectivity index (χ2v) is 4.31. The third kappa shape index (κ3) is 2.69. The van der Waals surface area contributed by atoms with Crippen molar-refractivity contribution < 1.29 is 4.74 Å². The number of rotatable bonds is 3. The van der Waals surface area contributed by atoms with Crippen LogP contribution < -0.4 is 4.74 Å². The van der Waals surface area contributed by atoms with E-state index in [0.29, 0.717) is 12.1 Å². The van der Waals surface area contributed by atoms with E-state index in [1.807, 2.05) is 12.1 Å². The molecule has 1 aromatic heterocycles. The van der Waals surface area contributed by atoms with Gasteiger partial charge in [-0.1, -0.05) is 0 Å². The van der Waals surface area contributed by atoms with Gasteiger partial charge in [0.1, 0.15) is 11.9 Å². The molecule has 0 unspecified atom stereocenters. The van der Waals surface area contributed by atoms with Gasteiger partial charge in [0.15, 0.2) is 0 Å². The van der Waals surface area contributed by atoms with E-state index in [2.05, 4.69) is 23.7 Å². The van der Waals surface area contributed by atoms with Gasteiger partial charge in [-0.05, 0) is 32.4 Å². The van der Waals surface area contributed by atoms with Crippen molar-refractivity contribution in [2.75, 3.05) is 13.1 Å². The molecule has 0 aromatic carbocycles. The summed E-state index contributed by atoms with van der Waals surface area (Å²) >= 11 is 0. The van der Waals surface area contributed by atoms with Crippen LogP contribution in [0.4, 0.5) is 0 Å². The predicted molar refractivity (Wildman–Crippen MR) is 60.0 cm³/mol. The van der Waals surface area contributed by atoms with Crippen molar-refractivity contribution in [3.05, 3.63) is 24.5 Å². The minimum atomic E-state index is 0.330. The molecule has 15 heavy (non-hydrogen) atoms. The van der Waals surface area contributed by atoms with Crippen molar-refractivity contribution in [2.24, 2.45) is 0 Å². The van der Waals surface area contributed by atoms with Crippen molar-refractivity contribution in [1.29, 1.82) is 0 Å². The fraction of sp³-hybridized carbons (Fsp3) is 0.583. The Bertz CT molecular complexity index is 300. The van der Waals surface area contributed by atoms with E-state index in [-0.39, 0.29) is 0 Å². The lowest BCUT2D eigenvalue weighted by Crippen LogP contribution is -2.30. The highest BCUT2D eigenvalue weighted by atomic mass is 16.5. The average Bonchev–Trinajstić information content (AvgIpc) is 2.68. The molecule has 0 aliphatic carbocycles. The van der Waals surface area contributed by atoms with Crippen LogP contribution >= 0.6 is 0 Å². The quantitative estimate of drug-likeness (QED) is 0.755. The molecule has 0 N–H and O–H groups in total. The number of pyridine rings is 1. The highest BCUT2D eigenvalue weighted by molar-refractivity contribution is 5.16. The molecule has 0 spiro atoms. The SMILES string of the molecule is CC(C)N1CC[C@H](Oc2cccnc2)C1. The van der Waals surface area contributed by atoms with Crippen LogP contribution in [0.15, 0.2) is 24.5 Å². The number of hydrogen-bond acceptors (Lipinski definition) is 3. The van der Waals surface area contributed by atoms with E-state index >= 15 is 0 Å². The summed E-state index contributed by atoms with van der Waals surface area (Å²) in [4.78, 5) is 6.49. The van der Waals surface area contributed by atoms with Gasteiger partial charge in [0, 0.05) is 25.3 Å². The largest absolute Gasteiger partial charge is 0.487 e. The molecule has 82 valence electrons. The molecule has 0 radical (unpaired) electrons. The van der Waals surface area contributed by atoms with Gasteiger partial charge in [0.05, 0.1) is 6.20 Å². The van der Waals surface area contributed by atoms with Gasteiger partial charge in [0.2, 0.25) is 0 Å². The smallest absolute Gasteiger partial charge is 0.138 e. The van der Waals surface area contributed by atoms with E-state index < -0.39 is 0 Å². The monoisotopic (exact) mass is 206 g/mol. The fourth-order valence-electron chi connectivity index (χ4n) is 1.93. The molecule has 3 heteroatoms. The lowest BCUT2D eigenvalue weighted by Gasteiger charge is -2.20. The Balaban J connectivity index is 1.88. The number of nitrogens with zero attached hydrogens (tertiary/aromatic N) is 2. The Morgan fingerprint density at radius 1 is 1.53 bits per heavy atom. The van der Waals surface area contributed by atoms with Crippen LogP contribution in [0, 0.1) is 0 Å². The number of aromatic nitrogens is 1.